The molecule has 0 amide bonds. The van der Waals surface area contributed by atoms with Gasteiger partial charge >= 0.3 is 0 Å². The van der Waals surface area contributed by atoms with Crippen molar-refractivity contribution in [2.45, 2.75) is 25.4 Å². The fourth-order valence-electron chi connectivity index (χ4n) is 1.18. The van der Waals surface area contributed by atoms with Gasteiger partial charge in [0.05, 0.1) is 0 Å². The molecule has 1 aromatic carbocycles. The molecule has 66 valence electrons. The summed E-state index contributed by atoms with van der Waals surface area (Å²) in [5.41, 5.74) is 12.9. The second kappa shape index (κ2) is 4.24. The van der Waals surface area contributed by atoms with Crippen molar-refractivity contribution < 1.29 is 0 Å². The molecule has 12 heavy (non-hydrogen) atoms. The Labute approximate surface area is 73.6 Å². The first-order chi connectivity index (χ1) is 5.75. The van der Waals surface area contributed by atoms with E-state index in [2.05, 4.69) is 0 Å². The van der Waals surface area contributed by atoms with Crippen LogP contribution in [0.1, 0.15) is 24.9 Å². The third-order valence-corrected chi connectivity index (χ3v) is 2.12. The minimum atomic E-state index is -0.0313. The number of hydrogen-bond acceptors (Lipinski definition) is 2. The van der Waals surface area contributed by atoms with Crippen molar-refractivity contribution in [3.63, 3.8) is 0 Å². The highest BCUT2D eigenvalue weighted by molar-refractivity contribution is 5.19. The molecule has 1 rings (SSSR count). The van der Waals surface area contributed by atoms with Crippen LogP contribution in [0.25, 0.3) is 0 Å². The molecule has 2 heteroatoms. The molecule has 0 bridgehead atoms. The molecular formula is C10H16N2. The Bertz CT molecular complexity index is 221. The van der Waals surface area contributed by atoms with Crippen LogP contribution in [-0.4, -0.2) is 6.04 Å². The van der Waals surface area contributed by atoms with E-state index < -0.39 is 0 Å². The number of hydrogen-bond donors (Lipinski definition) is 2. The van der Waals surface area contributed by atoms with E-state index in [0.29, 0.717) is 0 Å². The molecule has 0 spiro atoms. The van der Waals surface area contributed by atoms with Crippen molar-refractivity contribution >= 4 is 0 Å². The molecule has 2 nitrogen and oxygen atoms in total. The predicted molar refractivity (Wildman–Crippen MR) is 51.6 cm³/mol. The molecule has 0 aliphatic carbocycles. The van der Waals surface area contributed by atoms with Gasteiger partial charge in [-0.1, -0.05) is 37.3 Å². The molecule has 0 unspecified atom stereocenters. The summed E-state index contributed by atoms with van der Waals surface area (Å²) in [6.45, 7) is 2.05. The molecule has 0 aliphatic rings. The second-order valence-electron chi connectivity index (χ2n) is 3.01. The number of rotatable bonds is 3. The van der Waals surface area contributed by atoms with Crippen molar-refractivity contribution in [2.24, 2.45) is 11.5 Å². The summed E-state index contributed by atoms with van der Waals surface area (Å²) in [6.07, 6.45) is 0.913. The van der Waals surface area contributed by atoms with Gasteiger partial charge in [-0.3, -0.25) is 0 Å². The lowest BCUT2D eigenvalue weighted by Gasteiger charge is -2.18. The summed E-state index contributed by atoms with van der Waals surface area (Å²) in [4.78, 5) is 0. The molecule has 2 atom stereocenters. The summed E-state index contributed by atoms with van der Waals surface area (Å²) in [7, 11) is 0. The highest BCUT2D eigenvalue weighted by Crippen LogP contribution is 2.13. The SMILES string of the molecule is CC[C@@H](N)[C@@H](N)c1ccccc1. The molecule has 0 saturated carbocycles. The molecule has 1 aromatic rings. The van der Waals surface area contributed by atoms with Gasteiger partial charge in [-0.05, 0) is 12.0 Å². The Hall–Kier alpha value is -0.860. The smallest absolute Gasteiger partial charge is 0.0448 e. The van der Waals surface area contributed by atoms with E-state index in [9.17, 15) is 0 Å². The van der Waals surface area contributed by atoms with Crippen molar-refractivity contribution in [3.05, 3.63) is 35.9 Å². The van der Waals surface area contributed by atoms with Gasteiger partial charge in [-0.15, -0.1) is 0 Å². The predicted octanol–water partition coefficient (Wildman–Crippen LogP) is 1.42. The van der Waals surface area contributed by atoms with E-state index in [1.807, 2.05) is 37.3 Å². The molecule has 0 aromatic heterocycles. The monoisotopic (exact) mass is 164 g/mol. The van der Waals surface area contributed by atoms with Gasteiger partial charge in [0, 0.05) is 12.1 Å². The Balaban J connectivity index is 2.71. The highest BCUT2D eigenvalue weighted by Gasteiger charge is 2.11. The van der Waals surface area contributed by atoms with E-state index >= 15 is 0 Å². The maximum atomic E-state index is 5.92. The van der Waals surface area contributed by atoms with Crippen LogP contribution in [0.3, 0.4) is 0 Å². The van der Waals surface area contributed by atoms with Crippen LogP contribution < -0.4 is 11.5 Å². The van der Waals surface area contributed by atoms with E-state index in [0.717, 1.165) is 12.0 Å². The lowest BCUT2D eigenvalue weighted by atomic mass is 9.99. The molecule has 0 heterocycles. The largest absolute Gasteiger partial charge is 0.326 e. The van der Waals surface area contributed by atoms with Crippen molar-refractivity contribution in [2.75, 3.05) is 0 Å². The first kappa shape index (κ1) is 9.23. The Kier molecular flexibility index (Phi) is 3.26. The summed E-state index contributed by atoms with van der Waals surface area (Å²) >= 11 is 0. The third-order valence-electron chi connectivity index (χ3n) is 2.12. The van der Waals surface area contributed by atoms with Gasteiger partial charge in [-0.2, -0.15) is 0 Å². The summed E-state index contributed by atoms with van der Waals surface area (Å²) in [6, 6.07) is 10.0. The Morgan fingerprint density at radius 3 is 2.25 bits per heavy atom. The zero-order chi connectivity index (χ0) is 8.97. The Morgan fingerprint density at radius 1 is 1.17 bits per heavy atom. The first-order valence-electron chi connectivity index (χ1n) is 4.31. The van der Waals surface area contributed by atoms with Gasteiger partial charge in [0.2, 0.25) is 0 Å². The van der Waals surface area contributed by atoms with E-state index in [1.165, 1.54) is 0 Å². The highest BCUT2D eigenvalue weighted by atomic mass is 14.8. The molecule has 0 saturated heterocycles. The van der Waals surface area contributed by atoms with Crippen molar-refractivity contribution in [3.8, 4) is 0 Å². The molecule has 0 radical (unpaired) electrons. The second-order valence-corrected chi connectivity index (χ2v) is 3.01. The molecule has 0 fully saturated rings. The quantitative estimate of drug-likeness (QED) is 0.710. The van der Waals surface area contributed by atoms with Crippen LogP contribution in [0.15, 0.2) is 30.3 Å². The minimum absolute atomic E-state index is 0.0313. The lowest BCUT2D eigenvalue weighted by molar-refractivity contribution is 0.532. The number of benzene rings is 1. The van der Waals surface area contributed by atoms with Crippen LogP contribution in [-0.2, 0) is 0 Å². The van der Waals surface area contributed by atoms with Crippen LogP contribution in [0.5, 0.6) is 0 Å². The third kappa shape index (κ3) is 2.06. The van der Waals surface area contributed by atoms with Gasteiger partial charge in [0.15, 0.2) is 0 Å². The van der Waals surface area contributed by atoms with Crippen molar-refractivity contribution in [1.29, 1.82) is 0 Å². The topological polar surface area (TPSA) is 52.0 Å². The zero-order valence-electron chi connectivity index (χ0n) is 7.40. The summed E-state index contributed by atoms with van der Waals surface area (Å²) in [5.74, 6) is 0. The maximum Gasteiger partial charge on any atom is 0.0448 e. The van der Waals surface area contributed by atoms with Crippen LogP contribution in [0, 0.1) is 0 Å². The lowest BCUT2D eigenvalue weighted by Crippen LogP contribution is -2.33. The van der Waals surface area contributed by atoms with E-state index in [4.69, 9.17) is 11.5 Å². The fourth-order valence-corrected chi connectivity index (χ4v) is 1.18. The molecule has 0 aliphatic heterocycles. The molecule has 4 N–H and O–H groups in total. The van der Waals surface area contributed by atoms with E-state index in [1.54, 1.807) is 0 Å². The van der Waals surface area contributed by atoms with E-state index in [-0.39, 0.29) is 12.1 Å². The van der Waals surface area contributed by atoms with Crippen molar-refractivity contribution in [1.82, 2.24) is 0 Å². The summed E-state index contributed by atoms with van der Waals surface area (Å²) < 4.78 is 0. The maximum absolute atomic E-state index is 5.92. The average Bonchev–Trinajstić information content (AvgIpc) is 2.17. The van der Waals surface area contributed by atoms with Crippen LogP contribution >= 0.6 is 0 Å². The van der Waals surface area contributed by atoms with Gasteiger partial charge in [-0.25, -0.2) is 0 Å². The van der Waals surface area contributed by atoms with Gasteiger partial charge < -0.3 is 11.5 Å². The fraction of sp³-hybridized carbons (Fsp3) is 0.400. The number of nitrogens with two attached hydrogens (primary N) is 2. The first-order valence-corrected chi connectivity index (χ1v) is 4.31. The minimum Gasteiger partial charge on any atom is -0.326 e. The van der Waals surface area contributed by atoms with Crippen LogP contribution in [0.4, 0.5) is 0 Å². The molecular weight excluding hydrogens is 148 g/mol. The Morgan fingerprint density at radius 2 is 1.75 bits per heavy atom. The van der Waals surface area contributed by atoms with Gasteiger partial charge in [0.1, 0.15) is 0 Å². The zero-order valence-corrected chi connectivity index (χ0v) is 7.40. The normalized spacial score (nSPS) is 15.6. The standard InChI is InChI=1S/C10H16N2/c1-2-9(11)10(12)8-6-4-3-5-7-8/h3-7,9-10H,2,11-12H2,1H3/t9-,10+/m1/s1. The summed E-state index contributed by atoms with van der Waals surface area (Å²) in [5, 5.41) is 0. The van der Waals surface area contributed by atoms with Gasteiger partial charge in [0.25, 0.3) is 0 Å². The average molecular weight is 164 g/mol. The van der Waals surface area contributed by atoms with Crippen LogP contribution in [0.2, 0.25) is 0 Å².